The van der Waals surface area contributed by atoms with Gasteiger partial charge in [-0.05, 0) is 53.4 Å². The van der Waals surface area contributed by atoms with Crippen molar-refractivity contribution in [2.75, 3.05) is 14.2 Å². The quantitative estimate of drug-likeness (QED) is 0.334. The lowest BCUT2D eigenvalue weighted by Gasteiger charge is -2.18. The molecule has 0 aliphatic carbocycles. The molecular weight excluding hydrogens is 432 g/mol. The van der Waals surface area contributed by atoms with Crippen LogP contribution in [-0.2, 0) is 4.79 Å². The van der Waals surface area contributed by atoms with Crippen LogP contribution in [-0.4, -0.2) is 35.2 Å². The number of carbonyl (C=O) groups excluding carboxylic acids is 2. The molecule has 3 rings (SSSR count). The first-order valence-electron chi connectivity index (χ1n) is 10.2. The van der Waals surface area contributed by atoms with E-state index < -0.39 is 11.2 Å². The number of hydrogen-bond donors (Lipinski definition) is 0. The number of esters is 1. The third-order valence-corrected chi connectivity index (χ3v) is 5.20. The van der Waals surface area contributed by atoms with Gasteiger partial charge in [-0.3, -0.25) is 9.59 Å². The van der Waals surface area contributed by atoms with Crippen LogP contribution in [0.4, 0.5) is 0 Å². The molecule has 0 aliphatic heterocycles. The van der Waals surface area contributed by atoms with E-state index in [4.69, 9.17) is 25.8 Å². The summed E-state index contributed by atoms with van der Waals surface area (Å²) >= 11 is 5.71. The summed E-state index contributed by atoms with van der Waals surface area (Å²) in [7, 11) is 3.13. The summed E-state index contributed by atoms with van der Waals surface area (Å²) in [6, 6.07) is 12.3. The Bertz CT molecular complexity index is 1130. The number of halogens is 1. The lowest BCUT2D eigenvalue weighted by molar-refractivity contribution is -0.134. The molecule has 168 valence electrons. The van der Waals surface area contributed by atoms with E-state index in [9.17, 15) is 9.59 Å². The third kappa shape index (κ3) is 4.62. The van der Waals surface area contributed by atoms with Gasteiger partial charge in [0.15, 0.2) is 0 Å². The third-order valence-electron chi connectivity index (χ3n) is 4.98. The van der Waals surface area contributed by atoms with Gasteiger partial charge < -0.3 is 14.2 Å². The van der Waals surface area contributed by atoms with Crippen LogP contribution >= 0.6 is 11.6 Å². The SMILES string of the molecule is CCC(=O)Oc1cc(-c2c(OC)cccc2OC)n(-c2ccc(C(=O)Cl)cc2C(C)C)n1. The second-order valence-electron chi connectivity index (χ2n) is 7.35. The first-order valence-corrected chi connectivity index (χ1v) is 10.5. The van der Waals surface area contributed by atoms with Crippen LogP contribution < -0.4 is 14.2 Å². The molecule has 3 aromatic rings. The maximum absolute atomic E-state index is 11.9. The zero-order chi connectivity index (χ0) is 23.4. The van der Waals surface area contributed by atoms with E-state index in [0.717, 1.165) is 5.56 Å². The van der Waals surface area contributed by atoms with Crippen molar-refractivity contribution in [3.8, 4) is 34.3 Å². The average molecular weight is 457 g/mol. The van der Waals surface area contributed by atoms with Crippen molar-refractivity contribution in [3.63, 3.8) is 0 Å². The van der Waals surface area contributed by atoms with Gasteiger partial charge in [-0.15, -0.1) is 5.10 Å². The van der Waals surface area contributed by atoms with E-state index >= 15 is 0 Å². The summed E-state index contributed by atoms with van der Waals surface area (Å²) in [6.45, 7) is 5.72. The maximum Gasteiger partial charge on any atom is 0.312 e. The molecule has 0 radical (unpaired) electrons. The zero-order valence-corrected chi connectivity index (χ0v) is 19.4. The lowest BCUT2D eigenvalue weighted by atomic mass is 9.98. The Kier molecular flexibility index (Phi) is 7.20. The zero-order valence-electron chi connectivity index (χ0n) is 18.6. The highest BCUT2D eigenvalue weighted by atomic mass is 35.5. The number of carbonyl (C=O) groups is 2. The van der Waals surface area contributed by atoms with E-state index in [0.29, 0.717) is 34.0 Å². The van der Waals surface area contributed by atoms with E-state index in [1.165, 1.54) is 0 Å². The highest BCUT2D eigenvalue weighted by Gasteiger charge is 2.23. The number of aromatic nitrogens is 2. The normalized spacial score (nSPS) is 10.8. The molecule has 0 N–H and O–H groups in total. The Morgan fingerprint density at radius 2 is 1.72 bits per heavy atom. The molecule has 1 aromatic heterocycles. The maximum atomic E-state index is 11.9. The topological polar surface area (TPSA) is 79.7 Å². The van der Waals surface area contributed by atoms with Gasteiger partial charge in [0, 0.05) is 18.1 Å². The number of nitrogens with zero attached hydrogens (tertiary/aromatic N) is 2. The Morgan fingerprint density at radius 3 is 2.25 bits per heavy atom. The minimum absolute atomic E-state index is 0.0548. The second-order valence-corrected chi connectivity index (χ2v) is 7.69. The van der Waals surface area contributed by atoms with Crippen LogP contribution in [0.5, 0.6) is 17.4 Å². The monoisotopic (exact) mass is 456 g/mol. The molecule has 1 heterocycles. The van der Waals surface area contributed by atoms with Crippen LogP contribution in [0.2, 0.25) is 0 Å². The number of hydrogen-bond acceptors (Lipinski definition) is 6. The van der Waals surface area contributed by atoms with Gasteiger partial charge in [0.2, 0.25) is 5.88 Å². The van der Waals surface area contributed by atoms with E-state index in [2.05, 4.69) is 5.10 Å². The fourth-order valence-electron chi connectivity index (χ4n) is 3.40. The molecule has 0 atom stereocenters. The molecule has 0 amide bonds. The Hall–Kier alpha value is -3.32. The van der Waals surface area contributed by atoms with Crippen molar-refractivity contribution in [3.05, 3.63) is 53.6 Å². The minimum atomic E-state index is -0.539. The second kappa shape index (κ2) is 9.87. The fraction of sp³-hybridized carbons (Fsp3) is 0.292. The molecule has 0 fully saturated rings. The van der Waals surface area contributed by atoms with Crippen LogP contribution in [0.1, 0.15) is 49.0 Å². The Morgan fingerprint density at radius 1 is 1.06 bits per heavy atom. The van der Waals surface area contributed by atoms with Gasteiger partial charge in [0.1, 0.15) is 11.5 Å². The van der Waals surface area contributed by atoms with Crippen molar-refractivity contribution in [2.24, 2.45) is 0 Å². The Labute approximate surface area is 191 Å². The number of ether oxygens (including phenoxy) is 3. The number of benzene rings is 2. The van der Waals surface area contributed by atoms with Gasteiger partial charge in [0.25, 0.3) is 5.24 Å². The summed E-state index contributed by atoms with van der Waals surface area (Å²) in [6.07, 6.45) is 0.212. The molecule has 8 heteroatoms. The van der Waals surface area contributed by atoms with Crippen molar-refractivity contribution >= 4 is 22.8 Å². The van der Waals surface area contributed by atoms with Crippen LogP contribution in [0.3, 0.4) is 0 Å². The minimum Gasteiger partial charge on any atom is -0.496 e. The smallest absolute Gasteiger partial charge is 0.312 e. The molecule has 32 heavy (non-hydrogen) atoms. The van der Waals surface area contributed by atoms with E-state index in [-0.39, 0.29) is 18.2 Å². The summed E-state index contributed by atoms with van der Waals surface area (Å²) < 4.78 is 18.2. The van der Waals surface area contributed by atoms with Gasteiger partial charge in [-0.25, -0.2) is 4.68 Å². The van der Waals surface area contributed by atoms with Crippen molar-refractivity contribution in [1.29, 1.82) is 0 Å². The van der Waals surface area contributed by atoms with E-state index in [1.54, 1.807) is 50.1 Å². The van der Waals surface area contributed by atoms with Crippen LogP contribution in [0.25, 0.3) is 16.9 Å². The van der Waals surface area contributed by atoms with Gasteiger partial charge >= 0.3 is 5.97 Å². The molecule has 0 unspecified atom stereocenters. The lowest BCUT2D eigenvalue weighted by Crippen LogP contribution is -2.09. The number of methoxy groups -OCH3 is 2. The van der Waals surface area contributed by atoms with E-state index in [1.807, 2.05) is 32.0 Å². The van der Waals surface area contributed by atoms with Crippen LogP contribution in [0.15, 0.2) is 42.5 Å². The van der Waals surface area contributed by atoms with Crippen LogP contribution in [0, 0.1) is 0 Å². The summed E-state index contributed by atoms with van der Waals surface area (Å²) in [4.78, 5) is 23.7. The molecular formula is C24H25ClN2O5. The summed E-state index contributed by atoms with van der Waals surface area (Å²) in [5.74, 6) is 0.932. The van der Waals surface area contributed by atoms with Gasteiger partial charge in [-0.2, -0.15) is 0 Å². The Balaban J connectivity index is 2.33. The highest BCUT2D eigenvalue weighted by molar-refractivity contribution is 6.67. The largest absolute Gasteiger partial charge is 0.496 e. The summed E-state index contributed by atoms with van der Waals surface area (Å²) in [5.41, 5.74) is 3.20. The first kappa shape index (κ1) is 23.3. The standard InChI is InChI=1S/C24H25ClN2O5/c1-6-22(28)32-21-13-18(23-19(30-4)8-7-9-20(23)31-5)27(26-21)17-11-10-15(24(25)29)12-16(17)14(2)3/h7-14H,6H2,1-5H3. The van der Waals surface area contributed by atoms with Crippen molar-refractivity contribution in [2.45, 2.75) is 33.1 Å². The molecule has 0 saturated heterocycles. The molecule has 0 saturated carbocycles. The molecule has 0 spiro atoms. The molecule has 2 aromatic carbocycles. The number of rotatable bonds is 8. The predicted octanol–water partition coefficient (Wildman–Crippen LogP) is 5.37. The van der Waals surface area contributed by atoms with Gasteiger partial charge in [0.05, 0.1) is 31.2 Å². The molecule has 0 aliphatic rings. The predicted molar refractivity (Wildman–Crippen MR) is 122 cm³/mol. The molecule has 0 bridgehead atoms. The average Bonchev–Trinajstić information content (AvgIpc) is 3.20. The highest BCUT2D eigenvalue weighted by Crippen LogP contribution is 2.41. The van der Waals surface area contributed by atoms with Gasteiger partial charge in [-0.1, -0.05) is 26.8 Å². The first-order chi connectivity index (χ1) is 15.3. The molecule has 7 nitrogen and oxygen atoms in total. The summed E-state index contributed by atoms with van der Waals surface area (Å²) in [5, 5.41) is 4.02. The fourth-order valence-corrected chi connectivity index (χ4v) is 3.51. The van der Waals surface area contributed by atoms with Crippen molar-refractivity contribution in [1.82, 2.24) is 9.78 Å². The van der Waals surface area contributed by atoms with Crippen molar-refractivity contribution < 1.29 is 23.8 Å².